The fourth-order valence-electron chi connectivity index (χ4n) is 1.89. The van der Waals surface area contributed by atoms with E-state index >= 15 is 0 Å². The van der Waals surface area contributed by atoms with E-state index in [4.69, 9.17) is 23.2 Å². The molecule has 106 valence electrons. The van der Waals surface area contributed by atoms with Crippen molar-refractivity contribution in [3.8, 4) is 0 Å². The first-order chi connectivity index (χ1) is 9.45. The summed E-state index contributed by atoms with van der Waals surface area (Å²) < 4.78 is 26.7. The summed E-state index contributed by atoms with van der Waals surface area (Å²) in [5.41, 5.74) is 0.603. The van der Waals surface area contributed by atoms with Crippen LogP contribution in [0.5, 0.6) is 0 Å². The fraction of sp³-hybridized carbons (Fsp3) is 0.143. The van der Waals surface area contributed by atoms with Gasteiger partial charge in [0.2, 0.25) is 0 Å². The number of para-hydroxylation sites is 1. The molecule has 0 fully saturated rings. The quantitative estimate of drug-likeness (QED) is 0.842. The highest BCUT2D eigenvalue weighted by atomic mass is 35.5. The van der Waals surface area contributed by atoms with Crippen molar-refractivity contribution in [1.29, 1.82) is 0 Å². The first-order valence-electron chi connectivity index (χ1n) is 5.99. The molecule has 3 nitrogen and oxygen atoms in total. The van der Waals surface area contributed by atoms with Gasteiger partial charge in [-0.05, 0) is 37.3 Å². The van der Waals surface area contributed by atoms with Gasteiger partial charge in [-0.3, -0.25) is 4.31 Å². The summed E-state index contributed by atoms with van der Waals surface area (Å²) in [6.07, 6.45) is 0. The minimum atomic E-state index is -3.68. The molecule has 0 spiro atoms. The van der Waals surface area contributed by atoms with Crippen LogP contribution in [-0.2, 0) is 10.0 Å². The molecule has 0 aliphatic carbocycles. The highest BCUT2D eigenvalue weighted by Crippen LogP contribution is 2.27. The van der Waals surface area contributed by atoms with Crippen LogP contribution >= 0.6 is 23.2 Å². The Morgan fingerprint density at radius 2 is 1.55 bits per heavy atom. The summed E-state index contributed by atoms with van der Waals surface area (Å²) in [7, 11) is -3.68. The molecule has 0 aliphatic heterocycles. The Kier molecular flexibility index (Phi) is 4.58. The molecule has 2 aromatic carbocycles. The third-order valence-corrected chi connectivity index (χ3v) is 5.07. The van der Waals surface area contributed by atoms with Crippen LogP contribution in [0.15, 0.2) is 53.4 Å². The molecule has 0 N–H and O–H groups in total. The van der Waals surface area contributed by atoms with E-state index in [0.717, 1.165) is 0 Å². The summed E-state index contributed by atoms with van der Waals surface area (Å²) in [5.74, 6) is 0. The number of halogens is 2. The molecule has 2 aromatic rings. The molecule has 0 atom stereocenters. The van der Waals surface area contributed by atoms with Crippen molar-refractivity contribution < 1.29 is 8.42 Å². The lowest BCUT2D eigenvalue weighted by molar-refractivity contribution is 0.592. The van der Waals surface area contributed by atoms with Gasteiger partial charge in [0.25, 0.3) is 10.0 Å². The molecule has 0 aromatic heterocycles. The maximum absolute atomic E-state index is 12.7. The van der Waals surface area contributed by atoms with Gasteiger partial charge < -0.3 is 0 Å². The second kappa shape index (κ2) is 6.04. The van der Waals surface area contributed by atoms with Crippen molar-refractivity contribution in [2.75, 3.05) is 10.8 Å². The van der Waals surface area contributed by atoms with E-state index in [1.807, 2.05) is 6.07 Å². The van der Waals surface area contributed by atoms with Gasteiger partial charge in [-0.25, -0.2) is 8.42 Å². The summed E-state index contributed by atoms with van der Waals surface area (Å²) in [5, 5.41) is 0.584. The molecule has 0 bridgehead atoms. The highest BCUT2D eigenvalue weighted by Gasteiger charge is 2.24. The molecule has 0 unspecified atom stereocenters. The van der Waals surface area contributed by atoms with Gasteiger partial charge in [-0.1, -0.05) is 41.4 Å². The molecule has 6 heteroatoms. The average Bonchev–Trinajstić information content (AvgIpc) is 2.39. The summed E-state index contributed by atoms with van der Waals surface area (Å²) in [6, 6.07) is 13.2. The summed E-state index contributed by atoms with van der Waals surface area (Å²) in [4.78, 5) is 0.0840. The van der Waals surface area contributed by atoms with Gasteiger partial charge in [0, 0.05) is 16.6 Å². The largest absolute Gasteiger partial charge is 0.267 e. The zero-order chi connectivity index (χ0) is 14.8. The van der Waals surface area contributed by atoms with E-state index in [1.54, 1.807) is 31.2 Å². The van der Waals surface area contributed by atoms with E-state index in [1.165, 1.54) is 22.5 Å². The monoisotopic (exact) mass is 329 g/mol. The van der Waals surface area contributed by atoms with E-state index in [9.17, 15) is 8.42 Å². The molecular weight excluding hydrogens is 317 g/mol. The van der Waals surface area contributed by atoms with Crippen LogP contribution < -0.4 is 4.31 Å². The molecule has 0 saturated heterocycles. The number of anilines is 1. The number of rotatable bonds is 4. The molecule has 0 radical (unpaired) electrons. The minimum absolute atomic E-state index is 0.0840. The van der Waals surface area contributed by atoms with Gasteiger partial charge in [0.05, 0.1) is 10.6 Å². The number of benzene rings is 2. The van der Waals surface area contributed by atoms with Crippen LogP contribution in [0, 0.1) is 0 Å². The predicted molar refractivity (Wildman–Crippen MR) is 83.1 cm³/mol. The van der Waals surface area contributed by atoms with E-state index < -0.39 is 10.0 Å². The Hall–Kier alpha value is -1.23. The van der Waals surface area contributed by atoms with Gasteiger partial charge in [-0.2, -0.15) is 0 Å². The third-order valence-electron chi connectivity index (χ3n) is 2.76. The second-order valence-electron chi connectivity index (χ2n) is 4.11. The second-order valence-corrected chi connectivity index (χ2v) is 6.85. The van der Waals surface area contributed by atoms with Crippen LogP contribution in [0.4, 0.5) is 5.69 Å². The SMILES string of the molecule is CCN(c1ccccc1)S(=O)(=O)c1cc(Cl)cc(Cl)c1. The summed E-state index contributed by atoms with van der Waals surface area (Å²) >= 11 is 11.8. The van der Waals surface area contributed by atoms with Gasteiger partial charge in [0.1, 0.15) is 0 Å². The third kappa shape index (κ3) is 3.08. The Balaban J connectivity index is 2.52. The lowest BCUT2D eigenvalue weighted by atomic mass is 10.3. The first-order valence-corrected chi connectivity index (χ1v) is 8.18. The molecule has 2 rings (SSSR count). The van der Waals surface area contributed by atoms with Crippen molar-refractivity contribution in [3.05, 3.63) is 58.6 Å². The molecule has 0 saturated carbocycles. The lowest BCUT2D eigenvalue weighted by Crippen LogP contribution is -2.30. The van der Waals surface area contributed by atoms with Crippen LogP contribution in [0.1, 0.15) is 6.92 Å². The van der Waals surface area contributed by atoms with E-state index in [-0.39, 0.29) is 4.90 Å². The van der Waals surface area contributed by atoms with Crippen molar-refractivity contribution >= 4 is 38.9 Å². The lowest BCUT2D eigenvalue weighted by Gasteiger charge is -2.23. The van der Waals surface area contributed by atoms with Crippen LogP contribution in [0.25, 0.3) is 0 Å². The smallest absolute Gasteiger partial charge is 0.264 e. The maximum Gasteiger partial charge on any atom is 0.264 e. The fourth-order valence-corrected chi connectivity index (χ4v) is 4.09. The molecule has 0 heterocycles. The Morgan fingerprint density at radius 3 is 2.05 bits per heavy atom. The van der Waals surface area contributed by atoms with Crippen molar-refractivity contribution in [2.24, 2.45) is 0 Å². The first kappa shape index (κ1) is 15.2. The number of sulfonamides is 1. The van der Waals surface area contributed by atoms with Crippen LogP contribution in [0.3, 0.4) is 0 Å². The Bertz CT molecular complexity index is 682. The molecular formula is C14H13Cl2NO2S. The highest BCUT2D eigenvalue weighted by molar-refractivity contribution is 7.92. The molecule has 0 amide bonds. The molecule has 0 aliphatic rings. The van der Waals surface area contributed by atoms with Crippen molar-refractivity contribution in [1.82, 2.24) is 0 Å². The van der Waals surface area contributed by atoms with E-state index in [2.05, 4.69) is 0 Å². The number of nitrogens with zero attached hydrogens (tertiary/aromatic N) is 1. The van der Waals surface area contributed by atoms with Crippen molar-refractivity contribution in [3.63, 3.8) is 0 Å². The average molecular weight is 330 g/mol. The Labute approximate surface area is 128 Å². The van der Waals surface area contributed by atoms with Crippen LogP contribution in [0.2, 0.25) is 10.0 Å². The normalized spacial score (nSPS) is 11.3. The van der Waals surface area contributed by atoms with Crippen LogP contribution in [-0.4, -0.2) is 15.0 Å². The zero-order valence-corrected chi connectivity index (χ0v) is 13.1. The summed E-state index contributed by atoms with van der Waals surface area (Å²) in [6.45, 7) is 2.09. The van der Waals surface area contributed by atoms with Crippen molar-refractivity contribution in [2.45, 2.75) is 11.8 Å². The minimum Gasteiger partial charge on any atom is -0.267 e. The van der Waals surface area contributed by atoms with Gasteiger partial charge in [0.15, 0.2) is 0 Å². The van der Waals surface area contributed by atoms with E-state index in [0.29, 0.717) is 22.3 Å². The zero-order valence-electron chi connectivity index (χ0n) is 10.8. The standard InChI is InChI=1S/C14H13Cl2NO2S/c1-2-17(13-6-4-3-5-7-13)20(18,19)14-9-11(15)8-12(16)10-14/h3-10H,2H2,1H3. The maximum atomic E-state index is 12.7. The predicted octanol–water partition coefficient (Wildman–Crippen LogP) is 4.21. The Morgan fingerprint density at radius 1 is 1.00 bits per heavy atom. The van der Waals surface area contributed by atoms with Gasteiger partial charge in [-0.15, -0.1) is 0 Å². The molecule has 20 heavy (non-hydrogen) atoms. The number of hydrogen-bond acceptors (Lipinski definition) is 2. The van der Waals surface area contributed by atoms with Gasteiger partial charge >= 0.3 is 0 Å². The topological polar surface area (TPSA) is 37.4 Å². The number of hydrogen-bond donors (Lipinski definition) is 0.